The molecule has 2 heterocycles. The Morgan fingerprint density at radius 3 is 2.24 bits per heavy atom. The fourth-order valence-electron chi connectivity index (χ4n) is 2.46. The Morgan fingerprint density at radius 2 is 1.81 bits per heavy atom. The summed E-state index contributed by atoms with van der Waals surface area (Å²) in [6.45, 7) is 8.96. The van der Waals surface area contributed by atoms with E-state index in [0.29, 0.717) is 0 Å². The Balaban J connectivity index is 1.96. The third-order valence-electron chi connectivity index (χ3n) is 3.78. The fraction of sp³-hybridized carbons (Fsp3) is 0.688. The standard InChI is InChI=1S/C16H27N3O2/c1-16(2,3)18-9-12-6-7-15(17-8-12)19-10-13(20-4)14(11-19)21-5/h6-8,13-14,18H,9-11H2,1-5H3. The van der Waals surface area contributed by atoms with E-state index in [0.717, 1.165) is 25.5 Å². The summed E-state index contributed by atoms with van der Waals surface area (Å²) in [6.07, 6.45) is 2.16. The highest BCUT2D eigenvalue weighted by molar-refractivity contribution is 5.41. The zero-order valence-corrected chi connectivity index (χ0v) is 13.7. The van der Waals surface area contributed by atoms with Gasteiger partial charge in [-0.15, -0.1) is 0 Å². The van der Waals surface area contributed by atoms with Gasteiger partial charge in [0.25, 0.3) is 0 Å². The monoisotopic (exact) mass is 293 g/mol. The van der Waals surface area contributed by atoms with Crippen LogP contribution in [0.5, 0.6) is 0 Å². The highest BCUT2D eigenvalue weighted by atomic mass is 16.5. The van der Waals surface area contributed by atoms with Gasteiger partial charge in [-0.05, 0) is 32.4 Å². The van der Waals surface area contributed by atoms with Gasteiger partial charge in [0, 0.05) is 45.6 Å². The van der Waals surface area contributed by atoms with Crippen molar-refractivity contribution in [2.45, 2.75) is 45.1 Å². The lowest BCUT2D eigenvalue weighted by Crippen LogP contribution is -2.35. The summed E-state index contributed by atoms with van der Waals surface area (Å²) in [7, 11) is 3.46. The number of aromatic nitrogens is 1. The summed E-state index contributed by atoms with van der Waals surface area (Å²) in [5.74, 6) is 0.983. The molecule has 2 atom stereocenters. The number of hydrogen-bond donors (Lipinski definition) is 1. The third kappa shape index (κ3) is 4.40. The van der Waals surface area contributed by atoms with Crippen LogP contribution in [0.4, 0.5) is 5.82 Å². The van der Waals surface area contributed by atoms with E-state index in [-0.39, 0.29) is 17.7 Å². The maximum absolute atomic E-state index is 5.46. The molecule has 2 rings (SSSR count). The molecule has 0 amide bonds. The lowest BCUT2D eigenvalue weighted by Gasteiger charge is -2.21. The quantitative estimate of drug-likeness (QED) is 0.897. The lowest BCUT2D eigenvalue weighted by molar-refractivity contribution is -0.00461. The number of methoxy groups -OCH3 is 2. The second-order valence-corrected chi connectivity index (χ2v) is 6.58. The van der Waals surface area contributed by atoms with E-state index >= 15 is 0 Å². The molecule has 1 N–H and O–H groups in total. The van der Waals surface area contributed by atoms with Crippen molar-refractivity contribution in [2.24, 2.45) is 0 Å². The van der Waals surface area contributed by atoms with Crippen LogP contribution in [0.3, 0.4) is 0 Å². The number of anilines is 1. The lowest BCUT2D eigenvalue weighted by atomic mass is 10.1. The van der Waals surface area contributed by atoms with Crippen molar-refractivity contribution in [1.29, 1.82) is 0 Å². The fourth-order valence-corrected chi connectivity index (χ4v) is 2.46. The zero-order chi connectivity index (χ0) is 15.5. The van der Waals surface area contributed by atoms with Crippen molar-refractivity contribution >= 4 is 5.82 Å². The molecule has 1 aromatic rings. The SMILES string of the molecule is COC1CN(c2ccc(CNC(C)(C)C)cn2)CC1OC. The molecule has 1 fully saturated rings. The van der Waals surface area contributed by atoms with E-state index < -0.39 is 0 Å². The first-order chi connectivity index (χ1) is 9.93. The molecule has 118 valence electrons. The molecule has 0 saturated carbocycles. The van der Waals surface area contributed by atoms with Crippen LogP contribution in [0.2, 0.25) is 0 Å². The van der Waals surface area contributed by atoms with Gasteiger partial charge >= 0.3 is 0 Å². The van der Waals surface area contributed by atoms with Gasteiger partial charge in [-0.25, -0.2) is 4.98 Å². The summed E-state index contributed by atoms with van der Waals surface area (Å²) in [6, 6.07) is 4.20. The van der Waals surface area contributed by atoms with Gasteiger partial charge in [-0.2, -0.15) is 0 Å². The maximum Gasteiger partial charge on any atom is 0.128 e. The first kappa shape index (κ1) is 16.2. The smallest absolute Gasteiger partial charge is 0.128 e. The minimum absolute atomic E-state index is 0.110. The Hall–Kier alpha value is -1.17. The van der Waals surface area contributed by atoms with Crippen molar-refractivity contribution in [1.82, 2.24) is 10.3 Å². The minimum atomic E-state index is 0.110. The second kappa shape index (κ2) is 6.73. The van der Waals surface area contributed by atoms with Crippen molar-refractivity contribution in [3.05, 3.63) is 23.9 Å². The van der Waals surface area contributed by atoms with E-state index in [1.807, 2.05) is 6.20 Å². The van der Waals surface area contributed by atoms with Gasteiger partial charge in [0.1, 0.15) is 18.0 Å². The summed E-state index contributed by atoms with van der Waals surface area (Å²) in [5, 5.41) is 3.47. The molecule has 0 radical (unpaired) electrons. The van der Waals surface area contributed by atoms with Crippen LogP contribution in [0.15, 0.2) is 18.3 Å². The third-order valence-corrected chi connectivity index (χ3v) is 3.78. The number of ether oxygens (including phenoxy) is 2. The predicted octanol–water partition coefficient (Wildman–Crippen LogP) is 1.82. The number of rotatable bonds is 5. The highest BCUT2D eigenvalue weighted by Gasteiger charge is 2.33. The number of nitrogens with zero attached hydrogens (tertiary/aromatic N) is 2. The van der Waals surface area contributed by atoms with E-state index in [9.17, 15) is 0 Å². The molecule has 0 spiro atoms. The normalized spacial score (nSPS) is 22.8. The first-order valence-electron chi connectivity index (χ1n) is 7.43. The minimum Gasteiger partial charge on any atom is -0.377 e. The van der Waals surface area contributed by atoms with Crippen LogP contribution in [0.25, 0.3) is 0 Å². The first-order valence-corrected chi connectivity index (χ1v) is 7.43. The van der Waals surface area contributed by atoms with Gasteiger partial charge in [-0.3, -0.25) is 0 Å². The molecular formula is C16H27N3O2. The molecule has 0 aromatic carbocycles. The average Bonchev–Trinajstić information content (AvgIpc) is 2.88. The molecule has 0 bridgehead atoms. The highest BCUT2D eigenvalue weighted by Crippen LogP contribution is 2.21. The van der Waals surface area contributed by atoms with Crippen molar-refractivity contribution in [3.8, 4) is 0 Å². The Bertz CT molecular complexity index is 430. The van der Waals surface area contributed by atoms with E-state index in [2.05, 4.69) is 48.1 Å². The molecular weight excluding hydrogens is 266 g/mol. The van der Waals surface area contributed by atoms with Crippen LogP contribution in [-0.4, -0.2) is 50.0 Å². The Labute approximate surface area is 127 Å². The zero-order valence-electron chi connectivity index (χ0n) is 13.7. The molecule has 1 saturated heterocycles. The Kier molecular flexibility index (Phi) is 5.19. The van der Waals surface area contributed by atoms with Crippen molar-refractivity contribution < 1.29 is 9.47 Å². The molecule has 0 aliphatic carbocycles. The summed E-state index contributed by atoms with van der Waals surface area (Å²) < 4.78 is 10.9. The molecule has 5 nitrogen and oxygen atoms in total. The molecule has 2 unspecified atom stereocenters. The molecule has 1 aliphatic heterocycles. The van der Waals surface area contributed by atoms with Gasteiger partial charge in [0.2, 0.25) is 0 Å². The number of pyridine rings is 1. The molecule has 5 heteroatoms. The summed E-state index contributed by atoms with van der Waals surface area (Å²) >= 11 is 0. The van der Waals surface area contributed by atoms with E-state index in [1.54, 1.807) is 14.2 Å². The molecule has 1 aliphatic rings. The molecule has 21 heavy (non-hydrogen) atoms. The van der Waals surface area contributed by atoms with Crippen molar-refractivity contribution in [2.75, 3.05) is 32.2 Å². The van der Waals surface area contributed by atoms with Crippen LogP contribution in [0, 0.1) is 0 Å². The number of hydrogen-bond acceptors (Lipinski definition) is 5. The van der Waals surface area contributed by atoms with Crippen LogP contribution >= 0.6 is 0 Å². The van der Waals surface area contributed by atoms with Gasteiger partial charge < -0.3 is 19.7 Å². The molecule has 1 aromatic heterocycles. The van der Waals surface area contributed by atoms with Crippen molar-refractivity contribution in [3.63, 3.8) is 0 Å². The predicted molar refractivity (Wildman–Crippen MR) is 84.6 cm³/mol. The van der Waals surface area contributed by atoms with E-state index in [1.165, 1.54) is 5.56 Å². The van der Waals surface area contributed by atoms with Crippen LogP contribution < -0.4 is 10.2 Å². The average molecular weight is 293 g/mol. The topological polar surface area (TPSA) is 46.6 Å². The maximum atomic E-state index is 5.46. The van der Waals surface area contributed by atoms with Gasteiger partial charge in [0.05, 0.1) is 0 Å². The van der Waals surface area contributed by atoms with Crippen LogP contribution in [0.1, 0.15) is 26.3 Å². The van der Waals surface area contributed by atoms with E-state index in [4.69, 9.17) is 9.47 Å². The van der Waals surface area contributed by atoms with Gasteiger partial charge in [-0.1, -0.05) is 6.07 Å². The van der Waals surface area contributed by atoms with Gasteiger partial charge in [0.15, 0.2) is 0 Å². The second-order valence-electron chi connectivity index (χ2n) is 6.58. The number of nitrogens with one attached hydrogen (secondary N) is 1. The Morgan fingerprint density at radius 1 is 1.19 bits per heavy atom. The van der Waals surface area contributed by atoms with Crippen LogP contribution in [-0.2, 0) is 16.0 Å². The summed E-state index contributed by atoms with van der Waals surface area (Å²) in [5.41, 5.74) is 1.31. The largest absolute Gasteiger partial charge is 0.377 e. The summed E-state index contributed by atoms with van der Waals surface area (Å²) in [4.78, 5) is 6.79.